The molecule has 0 aliphatic heterocycles. The van der Waals surface area contributed by atoms with Gasteiger partial charge in [-0.2, -0.15) is 4.98 Å². The number of nitrogens with one attached hydrogen (secondary N) is 2. The number of ether oxygens (including phenoxy) is 1. The van der Waals surface area contributed by atoms with Crippen LogP contribution in [0.1, 0.15) is 110 Å². The number of alkyl carbamates (subject to hydrolysis) is 1. The Hall–Kier alpha value is -2.16. The van der Waals surface area contributed by atoms with Crippen molar-refractivity contribution in [3.63, 3.8) is 0 Å². The summed E-state index contributed by atoms with van der Waals surface area (Å²) in [5.41, 5.74) is 1.08. The Morgan fingerprint density at radius 2 is 1.90 bits per heavy atom. The Bertz CT molecular complexity index is 651. The van der Waals surface area contributed by atoms with E-state index in [4.69, 9.17) is 14.5 Å². The van der Waals surface area contributed by atoms with E-state index in [9.17, 15) is 9.59 Å². The van der Waals surface area contributed by atoms with Gasteiger partial charge in [-0.05, 0) is 33.1 Å². The molecule has 1 aromatic rings. The lowest BCUT2D eigenvalue weighted by Gasteiger charge is -2.22. The second kappa shape index (κ2) is 14.0. The first-order chi connectivity index (χ1) is 14.8. The van der Waals surface area contributed by atoms with Crippen LogP contribution < -0.4 is 10.8 Å². The summed E-state index contributed by atoms with van der Waals surface area (Å²) in [5.74, 6) is 0.658. The molecular weight excluding hydrogens is 400 g/mol. The van der Waals surface area contributed by atoms with E-state index < -0.39 is 17.6 Å². The minimum Gasteiger partial charge on any atom is -0.444 e. The van der Waals surface area contributed by atoms with Gasteiger partial charge in [0.25, 0.3) is 0 Å². The second-order valence-electron chi connectivity index (χ2n) is 8.78. The van der Waals surface area contributed by atoms with Crippen LogP contribution in [0.5, 0.6) is 0 Å². The van der Waals surface area contributed by atoms with Gasteiger partial charge >= 0.3 is 6.09 Å². The van der Waals surface area contributed by atoms with Gasteiger partial charge in [0.2, 0.25) is 11.8 Å². The number of hydrogen-bond acceptors (Lipinski definition) is 7. The molecule has 1 aromatic heterocycles. The van der Waals surface area contributed by atoms with E-state index in [1.807, 2.05) is 13.8 Å². The third-order valence-electron chi connectivity index (χ3n) is 5.07. The first-order valence-corrected chi connectivity index (χ1v) is 11.5. The van der Waals surface area contributed by atoms with Gasteiger partial charge in [-0.3, -0.25) is 10.0 Å². The summed E-state index contributed by atoms with van der Waals surface area (Å²) in [6.07, 6.45) is 8.82. The van der Waals surface area contributed by atoms with Crippen molar-refractivity contribution in [3.8, 4) is 0 Å². The van der Waals surface area contributed by atoms with E-state index >= 15 is 0 Å². The minimum absolute atomic E-state index is 0.0689. The van der Waals surface area contributed by atoms with Gasteiger partial charge in [0.15, 0.2) is 5.82 Å². The molecule has 3 N–H and O–H groups in total. The fraction of sp³-hybridized carbons (Fsp3) is 0.818. The van der Waals surface area contributed by atoms with Crippen molar-refractivity contribution in [2.24, 2.45) is 5.92 Å². The average molecular weight is 441 g/mol. The molecular formula is C22H40N4O5. The fourth-order valence-corrected chi connectivity index (χ4v) is 3.68. The van der Waals surface area contributed by atoms with Gasteiger partial charge in [0.1, 0.15) is 5.60 Å². The molecule has 0 aromatic carbocycles. The number of hydroxylamine groups is 1. The molecule has 2 rings (SSSR count). The summed E-state index contributed by atoms with van der Waals surface area (Å²) in [5, 5.41) is 15.3. The predicted octanol–water partition coefficient (Wildman–Crippen LogP) is 4.85. The van der Waals surface area contributed by atoms with Crippen LogP contribution in [-0.4, -0.2) is 32.9 Å². The highest BCUT2D eigenvalue weighted by Gasteiger charge is 2.24. The van der Waals surface area contributed by atoms with Crippen LogP contribution in [0, 0.1) is 5.92 Å². The molecule has 1 atom stereocenters. The third-order valence-corrected chi connectivity index (χ3v) is 5.07. The Kier molecular flexibility index (Phi) is 12.1. The lowest BCUT2D eigenvalue weighted by molar-refractivity contribution is -0.129. The molecule has 0 bridgehead atoms. The molecule has 0 radical (unpaired) electrons. The lowest BCUT2D eigenvalue weighted by Crippen LogP contribution is -2.32. The molecule has 1 fully saturated rings. The molecule has 9 nitrogen and oxygen atoms in total. The molecule has 31 heavy (non-hydrogen) atoms. The Morgan fingerprint density at radius 3 is 2.52 bits per heavy atom. The third kappa shape index (κ3) is 11.1. The maximum Gasteiger partial charge on any atom is 0.408 e. The van der Waals surface area contributed by atoms with E-state index in [0.717, 1.165) is 25.2 Å². The molecule has 178 valence electrons. The molecule has 0 spiro atoms. The zero-order valence-corrected chi connectivity index (χ0v) is 19.7. The number of nitrogens with zero attached hydrogens (tertiary/aromatic N) is 2. The highest BCUT2D eigenvalue weighted by molar-refractivity contribution is 5.75. The summed E-state index contributed by atoms with van der Waals surface area (Å²) < 4.78 is 10.5. The van der Waals surface area contributed by atoms with Gasteiger partial charge in [0.05, 0.1) is 6.54 Å². The zero-order chi connectivity index (χ0) is 23.3. The molecule has 1 heterocycles. The normalized spacial score (nSPS) is 15.4. The second-order valence-corrected chi connectivity index (χ2v) is 8.78. The topological polar surface area (TPSA) is 127 Å². The lowest BCUT2D eigenvalue weighted by atomic mass is 9.84. The maximum atomic E-state index is 11.7. The minimum atomic E-state index is -0.590. The number of rotatable bonds is 9. The van der Waals surface area contributed by atoms with Crippen molar-refractivity contribution in [1.29, 1.82) is 0 Å². The summed E-state index contributed by atoms with van der Waals surface area (Å²) in [7, 11) is 0. The van der Waals surface area contributed by atoms with Crippen molar-refractivity contribution in [3.05, 3.63) is 11.7 Å². The SMILES string of the molecule is CC.CC(C)(C)OC(=O)NCc1noc([C@H](CCCC2CCCCC2)CC(=O)NO)n1. The van der Waals surface area contributed by atoms with Crippen molar-refractivity contribution in [2.75, 3.05) is 0 Å². The van der Waals surface area contributed by atoms with Crippen molar-refractivity contribution in [1.82, 2.24) is 20.9 Å². The van der Waals surface area contributed by atoms with E-state index in [-0.39, 0.29) is 18.9 Å². The van der Waals surface area contributed by atoms with Gasteiger partial charge in [-0.1, -0.05) is 63.9 Å². The maximum absolute atomic E-state index is 11.7. The van der Waals surface area contributed by atoms with E-state index in [0.29, 0.717) is 11.7 Å². The van der Waals surface area contributed by atoms with Gasteiger partial charge in [-0.25, -0.2) is 10.3 Å². The number of carbonyl (C=O) groups is 2. The van der Waals surface area contributed by atoms with E-state index in [1.54, 1.807) is 26.3 Å². The standard InChI is InChI=1S/C20H34N4O5.C2H6/c1-20(2,3)28-19(26)21-13-16-22-18(29-24-16)15(12-17(25)23-27)11-7-10-14-8-5-4-6-9-14;1-2/h14-15,27H,4-13H2,1-3H3,(H,21,26)(H,23,25);1-2H3/t15-;/m1./s1. The summed E-state index contributed by atoms with van der Waals surface area (Å²) in [6, 6.07) is 0. The van der Waals surface area contributed by atoms with Crippen molar-refractivity contribution >= 4 is 12.0 Å². The molecule has 1 aliphatic rings. The van der Waals surface area contributed by atoms with Crippen LogP contribution in [0.4, 0.5) is 4.79 Å². The predicted molar refractivity (Wildman–Crippen MR) is 116 cm³/mol. The summed E-state index contributed by atoms with van der Waals surface area (Å²) in [4.78, 5) is 27.8. The number of amides is 2. The Balaban J connectivity index is 0.00000233. The van der Waals surface area contributed by atoms with Crippen LogP contribution >= 0.6 is 0 Å². The molecule has 1 saturated carbocycles. The fourth-order valence-electron chi connectivity index (χ4n) is 3.68. The highest BCUT2D eigenvalue weighted by atomic mass is 16.6. The highest BCUT2D eigenvalue weighted by Crippen LogP contribution is 2.31. The van der Waals surface area contributed by atoms with Crippen LogP contribution in [0.3, 0.4) is 0 Å². The number of aromatic nitrogens is 2. The number of carbonyl (C=O) groups excluding carboxylic acids is 2. The largest absolute Gasteiger partial charge is 0.444 e. The molecule has 1 aliphatic carbocycles. The van der Waals surface area contributed by atoms with Gasteiger partial charge in [0, 0.05) is 12.3 Å². The van der Waals surface area contributed by atoms with Crippen LogP contribution in [-0.2, 0) is 16.1 Å². The zero-order valence-electron chi connectivity index (χ0n) is 19.7. The molecule has 0 saturated heterocycles. The van der Waals surface area contributed by atoms with Gasteiger partial charge in [-0.15, -0.1) is 0 Å². The summed E-state index contributed by atoms with van der Waals surface area (Å²) in [6.45, 7) is 9.41. The quantitative estimate of drug-likeness (QED) is 0.370. The first kappa shape index (κ1) is 26.9. The number of hydrogen-bond donors (Lipinski definition) is 3. The molecule has 2 amide bonds. The molecule has 9 heteroatoms. The van der Waals surface area contributed by atoms with E-state index in [2.05, 4.69) is 15.5 Å². The smallest absolute Gasteiger partial charge is 0.408 e. The Labute approximate surface area is 185 Å². The average Bonchev–Trinajstić information content (AvgIpc) is 3.21. The van der Waals surface area contributed by atoms with Gasteiger partial charge < -0.3 is 14.6 Å². The molecule has 0 unspecified atom stereocenters. The van der Waals surface area contributed by atoms with Crippen molar-refractivity contribution in [2.45, 2.75) is 110 Å². The van der Waals surface area contributed by atoms with Crippen LogP contribution in [0.15, 0.2) is 4.52 Å². The van der Waals surface area contributed by atoms with E-state index in [1.165, 1.54) is 32.1 Å². The Morgan fingerprint density at radius 1 is 1.23 bits per heavy atom. The summed E-state index contributed by atoms with van der Waals surface area (Å²) >= 11 is 0. The van der Waals surface area contributed by atoms with Crippen LogP contribution in [0.25, 0.3) is 0 Å². The first-order valence-electron chi connectivity index (χ1n) is 11.5. The van der Waals surface area contributed by atoms with Crippen molar-refractivity contribution < 1.29 is 24.1 Å². The monoisotopic (exact) mass is 440 g/mol. The van der Waals surface area contributed by atoms with Crippen LogP contribution in [0.2, 0.25) is 0 Å².